The van der Waals surface area contributed by atoms with Crippen LogP contribution in [0.5, 0.6) is 0 Å². The number of hydrogen-bond acceptors (Lipinski definition) is 3. The van der Waals surface area contributed by atoms with Crippen LogP contribution in [0.4, 0.5) is 0 Å². The van der Waals surface area contributed by atoms with E-state index in [0.29, 0.717) is 6.42 Å². The maximum Gasteiger partial charge on any atom is 1.00 e. The first-order chi connectivity index (χ1) is 6.33. The molecule has 74 valence electrons. The van der Waals surface area contributed by atoms with Crippen molar-refractivity contribution in [1.29, 1.82) is 0 Å². The third-order valence-corrected chi connectivity index (χ3v) is 2.01. The number of aliphatic imine (C=N–C) groups is 1. The second-order valence-electron chi connectivity index (χ2n) is 3.18. The molecule has 0 spiro atoms. The zero-order valence-electron chi connectivity index (χ0n) is 9.08. The number of rotatable bonds is 4. The summed E-state index contributed by atoms with van der Waals surface area (Å²) in [5.74, 6) is 0.219. The normalized spacial score (nSPS) is 18.9. The Morgan fingerprint density at radius 1 is 1.50 bits per heavy atom. The molecule has 1 rings (SSSR count). The molecule has 0 aromatic carbocycles. The van der Waals surface area contributed by atoms with Crippen molar-refractivity contribution >= 4 is 5.71 Å². The smallest absolute Gasteiger partial charge is 0.875 e. The molecule has 0 aliphatic heterocycles. The van der Waals surface area contributed by atoms with Gasteiger partial charge in [0.25, 0.3) is 0 Å². The van der Waals surface area contributed by atoms with Crippen molar-refractivity contribution in [3.63, 3.8) is 0 Å². The minimum Gasteiger partial charge on any atom is -0.875 e. The molecule has 3 nitrogen and oxygen atoms in total. The summed E-state index contributed by atoms with van der Waals surface area (Å²) in [5.41, 5.74) is 0.965. The fourth-order valence-electron chi connectivity index (χ4n) is 1.33. The summed E-state index contributed by atoms with van der Waals surface area (Å²) in [6, 6.07) is 0. The molecular weight excluding hydrogens is 173 g/mol. The molecule has 1 aliphatic carbocycles. The maximum absolute atomic E-state index is 11.0. The summed E-state index contributed by atoms with van der Waals surface area (Å²) in [5, 5.41) is 11.0. The van der Waals surface area contributed by atoms with E-state index in [1.54, 1.807) is 13.2 Å². The molecule has 0 saturated heterocycles. The number of nitrogens with zero attached hydrogens (tertiary/aromatic N) is 1. The van der Waals surface area contributed by atoms with Crippen molar-refractivity contribution in [3.8, 4) is 0 Å². The summed E-state index contributed by atoms with van der Waals surface area (Å²) in [7, 11) is 1.68. The predicted molar refractivity (Wildman–Crippen MR) is 50.7 cm³/mol. The fourth-order valence-corrected chi connectivity index (χ4v) is 1.33. The van der Waals surface area contributed by atoms with E-state index in [9.17, 15) is 5.11 Å². The Morgan fingerprint density at radius 3 is 2.93 bits per heavy atom. The molecule has 0 radical (unpaired) electrons. The van der Waals surface area contributed by atoms with Crippen LogP contribution < -0.4 is 24.0 Å². The van der Waals surface area contributed by atoms with Crippen LogP contribution in [0, 0.1) is 0 Å². The number of ether oxygens (including phenoxy) is 1. The van der Waals surface area contributed by atoms with E-state index in [-0.39, 0.29) is 24.6 Å². The average Bonchev–Trinajstić information content (AvgIpc) is 2.13. The predicted octanol–water partition coefficient (Wildman–Crippen LogP) is -2.10. The topological polar surface area (TPSA) is 44.6 Å². The maximum atomic E-state index is 11.0. The van der Waals surface area contributed by atoms with Crippen LogP contribution in [0.3, 0.4) is 0 Å². The van der Waals surface area contributed by atoms with Crippen molar-refractivity contribution in [2.75, 3.05) is 20.3 Å². The molecule has 0 unspecified atom stereocenters. The minimum atomic E-state index is 0. The van der Waals surface area contributed by atoms with Gasteiger partial charge in [0.1, 0.15) is 0 Å². The first-order valence-electron chi connectivity index (χ1n) is 4.73. The van der Waals surface area contributed by atoms with Gasteiger partial charge in [-0.1, -0.05) is 6.08 Å². The van der Waals surface area contributed by atoms with Crippen LogP contribution in [0.2, 0.25) is 0 Å². The molecule has 0 saturated carbocycles. The van der Waals surface area contributed by atoms with E-state index < -0.39 is 0 Å². The summed E-state index contributed by atoms with van der Waals surface area (Å²) < 4.78 is 4.91. The van der Waals surface area contributed by atoms with Crippen molar-refractivity contribution in [3.05, 3.63) is 11.8 Å². The van der Waals surface area contributed by atoms with E-state index in [1.165, 1.54) is 0 Å². The minimum absolute atomic E-state index is 0. The van der Waals surface area contributed by atoms with Gasteiger partial charge in [0, 0.05) is 26.0 Å². The molecule has 0 N–H and O–H groups in total. The average molecular weight is 189 g/mol. The zero-order chi connectivity index (χ0) is 9.52. The Balaban J connectivity index is 0.00000169. The summed E-state index contributed by atoms with van der Waals surface area (Å²) >= 11 is 0. The van der Waals surface area contributed by atoms with E-state index in [0.717, 1.165) is 38.1 Å². The van der Waals surface area contributed by atoms with E-state index in [2.05, 4.69) is 4.99 Å². The standard InChI is InChI=1S/C10H17NO2.Li/c1-13-7-3-6-11-9-4-2-5-10(12)8-9;/h8,12H,2-7H2,1H3;/q;+1/p-1. The third-order valence-electron chi connectivity index (χ3n) is 2.01. The number of hydrogen-bond donors (Lipinski definition) is 0. The first kappa shape index (κ1) is 13.8. The Bertz CT molecular complexity index is 214. The first-order valence-corrected chi connectivity index (χ1v) is 4.73. The van der Waals surface area contributed by atoms with Gasteiger partial charge in [-0.3, -0.25) is 4.99 Å². The van der Waals surface area contributed by atoms with Gasteiger partial charge in [-0.2, -0.15) is 0 Å². The molecule has 0 atom stereocenters. The van der Waals surface area contributed by atoms with Crippen LogP contribution in [0.25, 0.3) is 0 Å². The van der Waals surface area contributed by atoms with Crippen molar-refractivity contribution in [1.82, 2.24) is 0 Å². The van der Waals surface area contributed by atoms with Gasteiger partial charge in [-0.05, 0) is 25.7 Å². The Morgan fingerprint density at radius 2 is 2.29 bits per heavy atom. The summed E-state index contributed by atoms with van der Waals surface area (Å²) in [4.78, 5) is 4.33. The quantitative estimate of drug-likeness (QED) is 0.375. The van der Waals surface area contributed by atoms with Gasteiger partial charge in [-0.25, -0.2) is 0 Å². The van der Waals surface area contributed by atoms with Crippen LogP contribution in [0.15, 0.2) is 16.8 Å². The molecule has 0 heterocycles. The summed E-state index contributed by atoms with van der Waals surface area (Å²) in [6.07, 6.45) is 5.21. The Kier molecular flexibility index (Phi) is 7.97. The van der Waals surface area contributed by atoms with Gasteiger partial charge >= 0.3 is 18.9 Å². The number of methoxy groups -OCH3 is 1. The van der Waals surface area contributed by atoms with Crippen LogP contribution in [-0.4, -0.2) is 26.0 Å². The van der Waals surface area contributed by atoms with Gasteiger partial charge in [0.15, 0.2) is 0 Å². The van der Waals surface area contributed by atoms with E-state index >= 15 is 0 Å². The van der Waals surface area contributed by atoms with Crippen molar-refractivity contribution < 1.29 is 28.7 Å². The molecule has 1 aliphatic rings. The van der Waals surface area contributed by atoms with E-state index in [4.69, 9.17) is 4.74 Å². The largest absolute Gasteiger partial charge is 1.00 e. The van der Waals surface area contributed by atoms with Crippen LogP contribution in [0.1, 0.15) is 25.7 Å². The second-order valence-corrected chi connectivity index (χ2v) is 3.18. The van der Waals surface area contributed by atoms with Crippen molar-refractivity contribution in [2.45, 2.75) is 25.7 Å². The Labute approximate surface area is 97.4 Å². The van der Waals surface area contributed by atoms with Gasteiger partial charge < -0.3 is 9.84 Å². The van der Waals surface area contributed by atoms with Gasteiger partial charge in [0.2, 0.25) is 0 Å². The number of allylic oxidation sites excluding steroid dienone is 2. The van der Waals surface area contributed by atoms with Gasteiger partial charge in [0.05, 0.1) is 0 Å². The van der Waals surface area contributed by atoms with Crippen LogP contribution >= 0.6 is 0 Å². The molecule has 14 heavy (non-hydrogen) atoms. The van der Waals surface area contributed by atoms with Gasteiger partial charge in [-0.15, -0.1) is 5.76 Å². The molecule has 0 amide bonds. The monoisotopic (exact) mass is 189 g/mol. The fraction of sp³-hybridized carbons (Fsp3) is 0.700. The second kappa shape index (κ2) is 8.11. The zero-order valence-corrected chi connectivity index (χ0v) is 9.08. The molecule has 4 heteroatoms. The molecule has 0 aromatic rings. The molecular formula is C10H16LiNO2. The van der Waals surface area contributed by atoms with Crippen molar-refractivity contribution in [2.24, 2.45) is 4.99 Å². The molecule has 0 aromatic heterocycles. The van der Waals surface area contributed by atoms with Crippen LogP contribution in [-0.2, 0) is 4.74 Å². The Hall–Kier alpha value is -0.233. The molecule has 0 fully saturated rings. The SMILES string of the molecule is COCCCN=C1C=C([O-])CCC1.[Li+]. The summed E-state index contributed by atoms with van der Waals surface area (Å²) in [6.45, 7) is 1.51. The third kappa shape index (κ3) is 5.49. The van der Waals surface area contributed by atoms with E-state index in [1.807, 2.05) is 0 Å². The molecule has 0 bridgehead atoms.